The third kappa shape index (κ3) is 4.25. The molecule has 2 atom stereocenters. The number of ether oxygens (including phenoxy) is 1. The first kappa shape index (κ1) is 18.9. The molecule has 0 aliphatic rings. The van der Waals surface area contributed by atoms with E-state index in [1.165, 1.54) is 11.3 Å². The minimum Gasteiger partial charge on any atom is -0.462 e. The molecule has 3 aromatic heterocycles. The minimum absolute atomic E-state index is 0.264. The number of rotatable bonds is 7. The molecule has 0 saturated heterocycles. The van der Waals surface area contributed by atoms with Crippen LogP contribution in [0.4, 0.5) is 0 Å². The molecule has 0 fully saturated rings. The van der Waals surface area contributed by atoms with Crippen molar-refractivity contribution in [3.05, 3.63) is 40.9 Å². The zero-order valence-corrected chi connectivity index (χ0v) is 17.1. The summed E-state index contributed by atoms with van der Waals surface area (Å²) in [5.74, 6) is -0.573. The van der Waals surface area contributed by atoms with Gasteiger partial charge in [-0.15, -0.1) is 11.3 Å². The maximum absolute atomic E-state index is 9.69. The zero-order valence-electron chi connectivity index (χ0n) is 14.1. The maximum atomic E-state index is 9.69. The summed E-state index contributed by atoms with van der Waals surface area (Å²) in [4.78, 5) is 17.4. The first-order chi connectivity index (χ1) is 12.6. The summed E-state index contributed by atoms with van der Waals surface area (Å²) in [6, 6.07) is 6.18. The molecule has 0 spiro atoms. The zero-order chi connectivity index (χ0) is 18.5. The molecule has 0 aromatic carbocycles. The summed E-state index contributed by atoms with van der Waals surface area (Å²) in [7, 11) is 0. The Morgan fingerprint density at radius 3 is 2.85 bits per heavy atom. The van der Waals surface area contributed by atoms with E-state index in [1.54, 1.807) is 18.5 Å². The van der Waals surface area contributed by atoms with Gasteiger partial charge < -0.3 is 10.5 Å². The Kier molecular flexibility index (Phi) is 6.29. The Hall–Kier alpha value is -1.90. The van der Waals surface area contributed by atoms with E-state index in [9.17, 15) is 5.26 Å². The summed E-state index contributed by atoms with van der Waals surface area (Å²) in [6.07, 6.45) is 4.22. The van der Waals surface area contributed by atoms with Crippen molar-refractivity contribution in [2.45, 2.75) is 23.2 Å². The lowest BCUT2D eigenvalue weighted by Gasteiger charge is -2.11. The van der Waals surface area contributed by atoms with Crippen molar-refractivity contribution in [2.75, 3.05) is 13.2 Å². The fourth-order valence-electron chi connectivity index (χ4n) is 2.38. The molecule has 0 aliphatic heterocycles. The Morgan fingerprint density at radius 2 is 2.12 bits per heavy atom. The summed E-state index contributed by atoms with van der Waals surface area (Å²) < 4.78 is 6.94. The SMILES string of the molecule is Cc1nccc2sc(C(C#N)c3ccnc(OCC(I)CCN)n3)nc12. The van der Waals surface area contributed by atoms with Gasteiger partial charge in [0, 0.05) is 16.3 Å². The second-order valence-electron chi connectivity index (χ2n) is 5.61. The highest BCUT2D eigenvalue weighted by Gasteiger charge is 2.21. The Balaban J connectivity index is 1.84. The molecule has 0 bridgehead atoms. The number of pyridine rings is 1. The van der Waals surface area contributed by atoms with E-state index in [4.69, 9.17) is 10.5 Å². The van der Waals surface area contributed by atoms with Crippen molar-refractivity contribution in [3.63, 3.8) is 0 Å². The summed E-state index contributed by atoms with van der Waals surface area (Å²) in [6.45, 7) is 3.00. The number of halogens is 1. The quantitative estimate of drug-likeness (QED) is 0.409. The highest BCUT2D eigenvalue weighted by atomic mass is 127. The van der Waals surface area contributed by atoms with Crippen molar-refractivity contribution in [2.24, 2.45) is 5.73 Å². The molecule has 9 heteroatoms. The predicted molar refractivity (Wildman–Crippen MR) is 109 cm³/mol. The highest BCUT2D eigenvalue weighted by molar-refractivity contribution is 14.1. The normalized spacial score (nSPS) is 13.3. The fraction of sp³-hybridized carbons (Fsp3) is 0.353. The van der Waals surface area contributed by atoms with Crippen molar-refractivity contribution in [1.82, 2.24) is 19.9 Å². The number of hydrogen-bond donors (Lipinski definition) is 1. The van der Waals surface area contributed by atoms with Crippen LogP contribution in [0.15, 0.2) is 24.5 Å². The number of aryl methyl sites for hydroxylation is 1. The van der Waals surface area contributed by atoms with Crippen molar-refractivity contribution in [3.8, 4) is 12.1 Å². The van der Waals surface area contributed by atoms with Crippen LogP contribution in [0.2, 0.25) is 0 Å². The second-order valence-corrected chi connectivity index (χ2v) is 8.43. The van der Waals surface area contributed by atoms with Crippen LogP contribution in [0.3, 0.4) is 0 Å². The molecular formula is C17H17IN6OS. The van der Waals surface area contributed by atoms with Crippen LogP contribution in [-0.2, 0) is 0 Å². The molecule has 2 N–H and O–H groups in total. The Morgan fingerprint density at radius 1 is 1.31 bits per heavy atom. The van der Waals surface area contributed by atoms with E-state index >= 15 is 0 Å². The maximum Gasteiger partial charge on any atom is 0.316 e. The van der Waals surface area contributed by atoms with E-state index in [0.717, 1.165) is 22.3 Å². The van der Waals surface area contributed by atoms with Gasteiger partial charge in [0.1, 0.15) is 23.0 Å². The van der Waals surface area contributed by atoms with Crippen LogP contribution in [0.5, 0.6) is 6.01 Å². The number of alkyl halides is 1. The number of nitriles is 1. The smallest absolute Gasteiger partial charge is 0.316 e. The van der Waals surface area contributed by atoms with E-state index in [0.29, 0.717) is 23.9 Å². The lowest BCUT2D eigenvalue weighted by Crippen LogP contribution is -2.17. The van der Waals surface area contributed by atoms with E-state index in [2.05, 4.69) is 48.6 Å². The van der Waals surface area contributed by atoms with E-state index in [-0.39, 0.29) is 9.94 Å². The second kappa shape index (κ2) is 8.66. The van der Waals surface area contributed by atoms with Gasteiger partial charge in [-0.2, -0.15) is 10.2 Å². The van der Waals surface area contributed by atoms with Gasteiger partial charge in [-0.25, -0.2) is 9.97 Å². The average molecular weight is 480 g/mol. The molecular weight excluding hydrogens is 463 g/mol. The molecule has 134 valence electrons. The first-order valence-corrected chi connectivity index (χ1v) is 10.1. The Labute approximate surface area is 168 Å². The molecule has 26 heavy (non-hydrogen) atoms. The van der Waals surface area contributed by atoms with E-state index < -0.39 is 5.92 Å². The standard InChI is InChI=1S/C17H17IN6OS/c1-10-15-14(4-7-21-10)26-16(24-15)12(8-20)13-3-6-22-17(23-13)25-9-11(18)2-5-19/h3-4,6-7,11-12H,2,5,9,19H2,1H3. The molecule has 3 heterocycles. The molecule has 2 unspecified atom stereocenters. The molecule has 3 rings (SSSR count). The van der Waals surface area contributed by atoms with Crippen LogP contribution in [-0.4, -0.2) is 37.0 Å². The monoisotopic (exact) mass is 480 g/mol. The topological polar surface area (TPSA) is 111 Å². The van der Waals surface area contributed by atoms with Gasteiger partial charge in [-0.1, -0.05) is 22.6 Å². The largest absolute Gasteiger partial charge is 0.462 e. The minimum atomic E-state index is -0.573. The van der Waals surface area contributed by atoms with Crippen LogP contribution >= 0.6 is 33.9 Å². The lowest BCUT2D eigenvalue weighted by atomic mass is 10.1. The third-order valence-corrected chi connectivity index (χ3v) is 5.77. The number of nitrogens with two attached hydrogens (primary N) is 1. The predicted octanol–water partition coefficient (Wildman–Crippen LogP) is 2.98. The molecule has 0 amide bonds. The molecule has 0 saturated carbocycles. The van der Waals surface area contributed by atoms with Crippen LogP contribution in [0.1, 0.15) is 28.7 Å². The van der Waals surface area contributed by atoms with Gasteiger partial charge in [0.05, 0.1) is 22.2 Å². The van der Waals surface area contributed by atoms with Gasteiger partial charge in [0.15, 0.2) is 0 Å². The average Bonchev–Trinajstić information content (AvgIpc) is 3.07. The highest BCUT2D eigenvalue weighted by Crippen LogP contribution is 2.31. The van der Waals surface area contributed by atoms with Crippen molar-refractivity contribution < 1.29 is 4.74 Å². The third-order valence-electron chi connectivity index (χ3n) is 3.71. The summed E-state index contributed by atoms with van der Waals surface area (Å²) in [5.41, 5.74) is 7.80. The molecule has 3 aromatic rings. The number of fused-ring (bicyclic) bond motifs is 1. The van der Waals surface area contributed by atoms with Crippen LogP contribution < -0.4 is 10.5 Å². The van der Waals surface area contributed by atoms with Gasteiger partial charge in [0.25, 0.3) is 0 Å². The Bertz CT molecular complexity index is 940. The molecule has 7 nitrogen and oxygen atoms in total. The lowest BCUT2D eigenvalue weighted by molar-refractivity contribution is 0.292. The van der Waals surface area contributed by atoms with Crippen molar-refractivity contribution in [1.29, 1.82) is 5.26 Å². The molecule has 0 aliphatic carbocycles. The summed E-state index contributed by atoms with van der Waals surface area (Å²) in [5, 5.41) is 10.4. The fourth-order valence-corrected chi connectivity index (χ4v) is 4.00. The van der Waals surface area contributed by atoms with Gasteiger partial charge in [0.2, 0.25) is 0 Å². The van der Waals surface area contributed by atoms with Crippen LogP contribution in [0, 0.1) is 18.3 Å². The molecule has 0 radical (unpaired) electrons. The summed E-state index contributed by atoms with van der Waals surface area (Å²) >= 11 is 3.77. The van der Waals surface area contributed by atoms with Gasteiger partial charge >= 0.3 is 6.01 Å². The van der Waals surface area contributed by atoms with Gasteiger partial charge in [-0.3, -0.25) is 4.98 Å². The number of thiazole rings is 1. The van der Waals surface area contributed by atoms with E-state index in [1.807, 2.05) is 13.0 Å². The first-order valence-electron chi connectivity index (χ1n) is 8.04. The number of hydrogen-bond acceptors (Lipinski definition) is 8. The number of aromatic nitrogens is 4. The van der Waals surface area contributed by atoms with Crippen molar-refractivity contribution >= 4 is 44.1 Å². The van der Waals surface area contributed by atoms with Gasteiger partial charge in [-0.05, 0) is 32.0 Å². The number of nitrogens with zero attached hydrogens (tertiary/aromatic N) is 5. The van der Waals surface area contributed by atoms with Crippen LogP contribution in [0.25, 0.3) is 10.2 Å².